The topological polar surface area (TPSA) is 144 Å². The Hall–Kier alpha value is -3.62. The quantitative estimate of drug-likeness (QED) is 0.206. The molecule has 0 radical (unpaired) electrons. The van der Waals surface area contributed by atoms with Crippen molar-refractivity contribution < 1.29 is 31.5 Å². The maximum Gasteiger partial charge on any atom is 0.409 e. The molecule has 14 heteroatoms. The highest BCUT2D eigenvalue weighted by atomic mass is 32.2. The zero-order valence-electron chi connectivity index (χ0n) is 22.4. The number of likely N-dealkylation sites (tertiary alicyclic amines) is 1. The molecule has 1 saturated heterocycles. The van der Waals surface area contributed by atoms with Crippen LogP contribution in [0, 0.1) is 17.6 Å². The van der Waals surface area contributed by atoms with E-state index < -0.39 is 33.0 Å². The highest BCUT2D eigenvalue weighted by Gasteiger charge is 2.27. The predicted octanol–water partition coefficient (Wildman–Crippen LogP) is 4.91. The summed E-state index contributed by atoms with van der Waals surface area (Å²) < 4.78 is 61.8. The van der Waals surface area contributed by atoms with E-state index in [1.54, 1.807) is 4.90 Å². The van der Waals surface area contributed by atoms with Crippen LogP contribution in [-0.4, -0.2) is 56.4 Å². The van der Waals surface area contributed by atoms with Gasteiger partial charge in [-0.15, -0.1) is 0 Å². The molecule has 41 heavy (non-hydrogen) atoms. The zero-order chi connectivity index (χ0) is 29.6. The normalized spacial score (nSPS) is 15.5. The van der Waals surface area contributed by atoms with E-state index >= 15 is 0 Å². The molecule has 1 aliphatic rings. The molecule has 0 bridgehead atoms. The Morgan fingerprint density at radius 2 is 1.88 bits per heavy atom. The minimum atomic E-state index is -3.82. The van der Waals surface area contributed by atoms with Gasteiger partial charge in [-0.1, -0.05) is 30.7 Å². The third-order valence-electron chi connectivity index (χ3n) is 6.53. The van der Waals surface area contributed by atoms with Crippen molar-refractivity contribution in [2.45, 2.75) is 37.5 Å². The zero-order valence-corrected chi connectivity index (χ0v) is 24.0. The molecular weight excluding hydrogens is 576 g/mol. The molecule has 0 saturated carbocycles. The minimum Gasteiger partial charge on any atom is -0.449 e. The van der Waals surface area contributed by atoms with Crippen molar-refractivity contribution in [2.75, 3.05) is 37.3 Å². The van der Waals surface area contributed by atoms with Gasteiger partial charge in [-0.25, -0.2) is 31.7 Å². The molecule has 1 aliphatic heterocycles. The number of anilines is 3. The monoisotopic (exact) mass is 607 g/mol. The molecule has 220 valence electrons. The molecule has 1 unspecified atom stereocenters. The molecule has 0 aliphatic carbocycles. The summed E-state index contributed by atoms with van der Waals surface area (Å²) in [6.45, 7) is 3.57. The predicted molar refractivity (Wildman–Crippen MR) is 152 cm³/mol. The molecule has 2 aromatic carbocycles. The summed E-state index contributed by atoms with van der Waals surface area (Å²) >= 11 is 0.818. The number of aromatic nitrogens is 1. The van der Waals surface area contributed by atoms with Crippen molar-refractivity contribution in [2.24, 2.45) is 5.92 Å². The first-order valence-electron chi connectivity index (χ1n) is 13.1. The number of piperidine rings is 1. The van der Waals surface area contributed by atoms with Crippen LogP contribution in [0.2, 0.25) is 0 Å². The van der Waals surface area contributed by atoms with E-state index in [-0.39, 0.29) is 39.3 Å². The molecule has 1 amide bonds. The standard InChI is InChI=1S/C27H31F2N5O5S2/c1-2-3-14-39-27(36)34-13-5-6-17(16-34)15-31-41(37,38)19-11-9-18(10-12-19)32-26-33-25(30)24(40-26)23(35)22-20(28)7-4-8-21(22)29/h4,7-12,17,31H,2-3,5-6,13-16,30H2,1H3,(H,32,33). The lowest BCUT2D eigenvalue weighted by atomic mass is 9.99. The molecule has 10 nitrogen and oxygen atoms in total. The smallest absolute Gasteiger partial charge is 0.409 e. The number of carbonyl (C=O) groups is 2. The van der Waals surface area contributed by atoms with Crippen LogP contribution in [0.4, 0.5) is 30.2 Å². The second-order valence-electron chi connectivity index (χ2n) is 9.58. The van der Waals surface area contributed by atoms with Crippen molar-refractivity contribution in [1.29, 1.82) is 0 Å². The Labute approximate surface area is 241 Å². The van der Waals surface area contributed by atoms with Crippen LogP contribution in [0.25, 0.3) is 0 Å². The van der Waals surface area contributed by atoms with Gasteiger partial charge < -0.3 is 20.7 Å². The molecule has 3 aromatic rings. The number of rotatable bonds is 11. The number of halogens is 2. The van der Waals surface area contributed by atoms with E-state index in [9.17, 15) is 26.8 Å². The molecule has 4 rings (SSSR count). The van der Waals surface area contributed by atoms with Crippen LogP contribution in [0.5, 0.6) is 0 Å². The average molecular weight is 608 g/mol. The Kier molecular flexibility index (Phi) is 9.89. The van der Waals surface area contributed by atoms with Crippen molar-refractivity contribution in [3.05, 3.63) is 64.5 Å². The lowest BCUT2D eigenvalue weighted by molar-refractivity contribution is 0.0839. The van der Waals surface area contributed by atoms with Gasteiger partial charge in [-0.2, -0.15) is 0 Å². The fourth-order valence-corrected chi connectivity index (χ4v) is 6.29. The summed E-state index contributed by atoms with van der Waals surface area (Å²) in [5, 5.41) is 3.11. The van der Waals surface area contributed by atoms with Gasteiger partial charge in [0.1, 0.15) is 22.3 Å². The third kappa shape index (κ3) is 7.57. The first-order valence-corrected chi connectivity index (χ1v) is 15.4. The number of hydrogen-bond donors (Lipinski definition) is 3. The minimum absolute atomic E-state index is 0.0386. The highest BCUT2D eigenvalue weighted by Crippen LogP contribution is 2.31. The van der Waals surface area contributed by atoms with Crippen LogP contribution in [0.1, 0.15) is 47.8 Å². The van der Waals surface area contributed by atoms with Crippen LogP contribution in [-0.2, 0) is 14.8 Å². The van der Waals surface area contributed by atoms with E-state index in [0.717, 1.165) is 55.2 Å². The fourth-order valence-electron chi connectivity index (χ4n) is 4.32. The molecular formula is C27H31F2N5O5S2. The number of ether oxygens (including phenoxy) is 1. The molecule has 2 heterocycles. The second-order valence-corrected chi connectivity index (χ2v) is 12.3. The van der Waals surface area contributed by atoms with Crippen LogP contribution >= 0.6 is 11.3 Å². The summed E-state index contributed by atoms with van der Waals surface area (Å²) in [4.78, 5) is 30.5. The molecule has 4 N–H and O–H groups in total. The molecule has 1 fully saturated rings. The number of benzene rings is 2. The largest absolute Gasteiger partial charge is 0.449 e. The Morgan fingerprint density at radius 1 is 1.17 bits per heavy atom. The summed E-state index contributed by atoms with van der Waals surface area (Å²) in [5.41, 5.74) is 5.58. The number of unbranched alkanes of at least 4 members (excludes halogenated alkanes) is 1. The van der Waals surface area contributed by atoms with Gasteiger partial charge in [0.15, 0.2) is 5.13 Å². The van der Waals surface area contributed by atoms with E-state index in [0.29, 0.717) is 25.4 Å². The number of sulfonamides is 1. The number of amides is 1. The summed E-state index contributed by atoms with van der Waals surface area (Å²) in [7, 11) is -3.82. The number of nitrogens with one attached hydrogen (secondary N) is 2. The average Bonchev–Trinajstić information content (AvgIpc) is 3.32. The molecule has 1 aromatic heterocycles. The first kappa shape index (κ1) is 30.3. The van der Waals surface area contributed by atoms with Crippen molar-refractivity contribution in [1.82, 2.24) is 14.6 Å². The van der Waals surface area contributed by atoms with E-state index in [4.69, 9.17) is 10.5 Å². The van der Waals surface area contributed by atoms with Gasteiger partial charge in [0, 0.05) is 25.3 Å². The number of nitrogen functional groups attached to an aromatic ring is 1. The third-order valence-corrected chi connectivity index (χ3v) is 8.95. The number of nitrogens with zero attached hydrogens (tertiary/aromatic N) is 2. The summed E-state index contributed by atoms with van der Waals surface area (Å²) in [6, 6.07) is 8.94. The summed E-state index contributed by atoms with van der Waals surface area (Å²) in [5.74, 6) is -3.17. The Bertz CT molecular complexity index is 1480. The molecule has 1 atom stereocenters. The van der Waals surface area contributed by atoms with Gasteiger partial charge >= 0.3 is 6.09 Å². The SMILES string of the molecule is CCCCOC(=O)N1CCCC(CNS(=O)(=O)c2ccc(Nc3nc(N)c(C(=O)c4c(F)cccc4F)s3)cc2)C1. The van der Waals surface area contributed by atoms with Crippen molar-refractivity contribution in [3.8, 4) is 0 Å². The van der Waals surface area contributed by atoms with Crippen LogP contribution in [0.15, 0.2) is 47.4 Å². The van der Waals surface area contributed by atoms with E-state index in [1.165, 1.54) is 24.3 Å². The molecule has 0 spiro atoms. The maximum atomic E-state index is 14.1. The van der Waals surface area contributed by atoms with Crippen molar-refractivity contribution in [3.63, 3.8) is 0 Å². The Balaban J connectivity index is 1.35. The number of carbonyl (C=O) groups excluding carboxylic acids is 2. The van der Waals surface area contributed by atoms with Gasteiger partial charge in [0.25, 0.3) is 0 Å². The van der Waals surface area contributed by atoms with E-state index in [1.807, 2.05) is 6.92 Å². The van der Waals surface area contributed by atoms with Gasteiger partial charge in [0.05, 0.1) is 17.1 Å². The number of thiazole rings is 1. The highest BCUT2D eigenvalue weighted by molar-refractivity contribution is 7.89. The Morgan fingerprint density at radius 3 is 2.56 bits per heavy atom. The van der Waals surface area contributed by atoms with Gasteiger partial charge in [-0.3, -0.25) is 4.79 Å². The number of ketones is 1. The van der Waals surface area contributed by atoms with Gasteiger partial charge in [0.2, 0.25) is 15.8 Å². The van der Waals surface area contributed by atoms with Crippen LogP contribution in [0.3, 0.4) is 0 Å². The number of hydrogen-bond acceptors (Lipinski definition) is 9. The maximum absolute atomic E-state index is 14.1. The second kappa shape index (κ2) is 13.4. The lowest BCUT2D eigenvalue weighted by Gasteiger charge is -2.32. The van der Waals surface area contributed by atoms with E-state index in [2.05, 4.69) is 15.0 Å². The van der Waals surface area contributed by atoms with Crippen LogP contribution < -0.4 is 15.8 Å². The number of nitrogens with two attached hydrogens (primary N) is 1. The van der Waals surface area contributed by atoms with Gasteiger partial charge in [-0.05, 0) is 61.6 Å². The fraction of sp³-hybridized carbons (Fsp3) is 0.370. The first-order chi connectivity index (χ1) is 19.6. The van der Waals surface area contributed by atoms with Crippen molar-refractivity contribution >= 4 is 49.9 Å². The summed E-state index contributed by atoms with van der Waals surface area (Å²) in [6.07, 6.45) is 2.91. The lowest BCUT2D eigenvalue weighted by Crippen LogP contribution is -2.44.